The maximum atomic E-state index is 13.4. The molecule has 7 heteroatoms. The minimum Gasteiger partial charge on any atom is -0.303 e. The normalized spacial score (nSPS) is 16.6. The highest BCUT2D eigenvalue weighted by molar-refractivity contribution is 6.43. The molecule has 0 bridgehead atoms. The van der Waals surface area contributed by atoms with Gasteiger partial charge in [-0.3, -0.25) is 9.59 Å². The van der Waals surface area contributed by atoms with Gasteiger partial charge < -0.3 is 4.90 Å². The lowest BCUT2D eigenvalue weighted by atomic mass is 10.1. The molecule has 0 unspecified atom stereocenters. The van der Waals surface area contributed by atoms with Crippen molar-refractivity contribution in [1.29, 1.82) is 0 Å². The van der Waals surface area contributed by atoms with Crippen LogP contribution >= 0.6 is 0 Å². The molecular formula is C11H7F4NO2. The Kier molecular flexibility index (Phi) is 2.84. The highest BCUT2D eigenvalue weighted by Crippen LogP contribution is 2.33. The average Bonchev–Trinajstić information content (AvgIpc) is 2.59. The first-order chi connectivity index (χ1) is 8.30. The van der Waals surface area contributed by atoms with Gasteiger partial charge in [-0.25, -0.2) is 4.39 Å². The van der Waals surface area contributed by atoms with Crippen LogP contribution in [-0.4, -0.2) is 18.2 Å². The molecule has 0 aliphatic carbocycles. The molecule has 2 rings (SSSR count). The van der Waals surface area contributed by atoms with Crippen molar-refractivity contribution in [1.82, 2.24) is 0 Å². The summed E-state index contributed by atoms with van der Waals surface area (Å²) in [7, 11) is 0. The minimum absolute atomic E-state index is 0.101. The van der Waals surface area contributed by atoms with Gasteiger partial charge in [0.15, 0.2) is 0 Å². The number of alkyl halides is 3. The van der Waals surface area contributed by atoms with Gasteiger partial charge in [-0.05, 0) is 18.2 Å². The summed E-state index contributed by atoms with van der Waals surface area (Å²) >= 11 is 0. The lowest BCUT2D eigenvalue weighted by Crippen LogP contribution is -2.28. The number of halogens is 4. The van der Waals surface area contributed by atoms with E-state index in [0.29, 0.717) is 18.2 Å². The molecule has 0 saturated carbocycles. The first-order valence-corrected chi connectivity index (χ1v) is 5.02. The quantitative estimate of drug-likeness (QED) is 0.573. The number of benzene rings is 1. The molecule has 1 aromatic rings. The average molecular weight is 261 g/mol. The van der Waals surface area contributed by atoms with Crippen LogP contribution in [0, 0.1) is 5.82 Å². The third-order valence-electron chi connectivity index (χ3n) is 2.61. The summed E-state index contributed by atoms with van der Waals surface area (Å²) in [5.41, 5.74) is -1.58. The predicted octanol–water partition coefficient (Wildman–Crippen LogP) is 2.15. The van der Waals surface area contributed by atoms with E-state index >= 15 is 0 Å². The van der Waals surface area contributed by atoms with Gasteiger partial charge in [0.05, 0.1) is 11.3 Å². The molecule has 96 valence electrons. The molecule has 1 saturated heterocycles. The standard InChI is InChI=1S/C11H7F4NO2/c12-7-2-1-6(11(13,14)15)5-8(7)16-4-3-9(17)10(16)18/h1-2,5H,3-4H2. The Hall–Kier alpha value is -1.92. The molecule has 1 fully saturated rings. The van der Waals surface area contributed by atoms with Gasteiger partial charge in [0.1, 0.15) is 5.82 Å². The smallest absolute Gasteiger partial charge is 0.303 e. The monoisotopic (exact) mass is 261 g/mol. The van der Waals surface area contributed by atoms with Crippen molar-refractivity contribution in [3.63, 3.8) is 0 Å². The molecular weight excluding hydrogens is 254 g/mol. The van der Waals surface area contributed by atoms with E-state index in [1.54, 1.807) is 0 Å². The summed E-state index contributed by atoms with van der Waals surface area (Å²) in [5.74, 6) is -2.67. The molecule has 1 heterocycles. The van der Waals surface area contributed by atoms with E-state index < -0.39 is 34.9 Å². The van der Waals surface area contributed by atoms with E-state index in [-0.39, 0.29) is 13.0 Å². The Balaban J connectivity index is 2.45. The number of carbonyl (C=O) groups is 2. The summed E-state index contributed by atoms with van der Waals surface area (Å²) in [4.78, 5) is 23.1. The van der Waals surface area contributed by atoms with E-state index in [9.17, 15) is 27.2 Å². The van der Waals surface area contributed by atoms with E-state index in [4.69, 9.17) is 0 Å². The highest BCUT2D eigenvalue weighted by Gasteiger charge is 2.35. The summed E-state index contributed by atoms with van der Waals surface area (Å²) in [6, 6.07) is 1.75. The van der Waals surface area contributed by atoms with Crippen LogP contribution in [0.5, 0.6) is 0 Å². The van der Waals surface area contributed by atoms with Crippen LogP contribution in [0.1, 0.15) is 12.0 Å². The fourth-order valence-electron chi connectivity index (χ4n) is 1.70. The van der Waals surface area contributed by atoms with Gasteiger partial charge in [0.25, 0.3) is 5.91 Å². The Morgan fingerprint density at radius 1 is 1.17 bits per heavy atom. The lowest BCUT2D eigenvalue weighted by molar-refractivity contribution is -0.137. The number of hydrogen-bond donors (Lipinski definition) is 0. The van der Waals surface area contributed by atoms with Crippen LogP contribution in [0.25, 0.3) is 0 Å². The Morgan fingerprint density at radius 3 is 2.33 bits per heavy atom. The fraction of sp³-hybridized carbons (Fsp3) is 0.273. The number of amides is 1. The number of ketones is 1. The van der Waals surface area contributed by atoms with Gasteiger partial charge in [0, 0.05) is 13.0 Å². The summed E-state index contributed by atoms with van der Waals surface area (Å²) in [6.45, 7) is -0.101. The zero-order valence-corrected chi connectivity index (χ0v) is 8.92. The van der Waals surface area contributed by atoms with Gasteiger partial charge in [0.2, 0.25) is 5.78 Å². The Morgan fingerprint density at radius 2 is 1.83 bits per heavy atom. The first kappa shape index (κ1) is 12.5. The third-order valence-corrected chi connectivity index (χ3v) is 2.61. The number of Topliss-reactive ketones (excluding diaryl/α,β-unsaturated/α-hetero) is 1. The number of nitrogens with zero attached hydrogens (tertiary/aromatic N) is 1. The highest BCUT2D eigenvalue weighted by atomic mass is 19.4. The summed E-state index contributed by atoms with van der Waals surface area (Å²) in [6.07, 6.45) is -4.75. The van der Waals surface area contributed by atoms with E-state index in [0.717, 1.165) is 4.90 Å². The zero-order chi connectivity index (χ0) is 13.5. The third kappa shape index (κ3) is 2.07. The van der Waals surface area contributed by atoms with E-state index in [1.165, 1.54) is 0 Å². The molecule has 1 aromatic carbocycles. The lowest BCUT2D eigenvalue weighted by Gasteiger charge is -2.17. The second kappa shape index (κ2) is 4.08. The molecule has 0 atom stereocenters. The van der Waals surface area contributed by atoms with Crippen molar-refractivity contribution < 1.29 is 27.2 Å². The van der Waals surface area contributed by atoms with E-state index in [1.807, 2.05) is 0 Å². The van der Waals surface area contributed by atoms with E-state index in [2.05, 4.69) is 0 Å². The Labute approximate surface area is 99.0 Å². The van der Waals surface area contributed by atoms with Gasteiger partial charge >= 0.3 is 6.18 Å². The van der Waals surface area contributed by atoms with Crippen LogP contribution in [0.2, 0.25) is 0 Å². The van der Waals surface area contributed by atoms with Crippen molar-refractivity contribution in [2.45, 2.75) is 12.6 Å². The van der Waals surface area contributed by atoms with Crippen molar-refractivity contribution in [2.24, 2.45) is 0 Å². The van der Waals surface area contributed by atoms with Crippen LogP contribution in [0.3, 0.4) is 0 Å². The maximum Gasteiger partial charge on any atom is 0.416 e. The number of rotatable bonds is 1. The summed E-state index contributed by atoms with van der Waals surface area (Å²) < 4.78 is 50.8. The van der Waals surface area contributed by atoms with Crippen LogP contribution in [0.4, 0.5) is 23.2 Å². The molecule has 0 N–H and O–H groups in total. The van der Waals surface area contributed by atoms with Gasteiger partial charge in [-0.2, -0.15) is 13.2 Å². The van der Waals surface area contributed by atoms with Crippen molar-refractivity contribution in [2.75, 3.05) is 11.4 Å². The predicted molar refractivity (Wildman–Crippen MR) is 53.4 cm³/mol. The number of carbonyl (C=O) groups excluding carboxylic acids is 2. The van der Waals surface area contributed by atoms with Crippen LogP contribution in [0.15, 0.2) is 18.2 Å². The molecule has 0 radical (unpaired) electrons. The van der Waals surface area contributed by atoms with Crippen molar-refractivity contribution in [3.8, 4) is 0 Å². The van der Waals surface area contributed by atoms with Gasteiger partial charge in [-0.15, -0.1) is 0 Å². The Bertz CT molecular complexity index is 524. The topological polar surface area (TPSA) is 37.4 Å². The molecule has 18 heavy (non-hydrogen) atoms. The minimum atomic E-state index is -4.63. The molecule has 0 aromatic heterocycles. The second-order valence-corrected chi connectivity index (χ2v) is 3.79. The molecule has 3 nitrogen and oxygen atoms in total. The summed E-state index contributed by atoms with van der Waals surface area (Å²) in [5, 5.41) is 0. The first-order valence-electron chi connectivity index (χ1n) is 5.02. The molecule has 1 aliphatic rings. The van der Waals surface area contributed by atoms with Crippen molar-refractivity contribution in [3.05, 3.63) is 29.6 Å². The fourth-order valence-corrected chi connectivity index (χ4v) is 1.70. The maximum absolute atomic E-state index is 13.4. The second-order valence-electron chi connectivity index (χ2n) is 3.79. The SMILES string of the molecule is O=C1CCN(c2cc(C(F)(F)F)ccc2F)C1=O. The van der Waals surface area contributed by atoms with Crippen molar-refractivity contribution >= 4 is 17.4 Å². The molecule has 1 amide bonds. The molecule has 1 aliphatic heterocycles. The largest absolute Gasteiger partial charge is 0.416 e. The van der Waals surface area contributed by atoms with Gasteiger partial charge in [-0.1, -0.05) is 0 Å². The van der Waals surface area contributed by atoms with Crippen LogP contribution < -0.4 is 4.90 Å². The number of anilines is 1. The van der Waals surface area contributed by atoms with Crippen LogP contribution in [-0.2, 0) is 15.8 Å². The molecule has 0 spiro atoms. The zero-order valence-electron chi connectivity index (χ0n) is 8.92. The number of hydrogen-bond acceptors (Lipinski definition) is 2.